The SMILES string of the molecule is Cc1cc(NC(=O)[C@H](C)S(=O)(=O)[C@H](C)c2ccc(F)cc2)on1. The second-order valence-electron chi connectivity index (χ2n) is 5.25. The van der Waals surface area contributed by atoms with Crippen molar-refractivity contribution in [1.82, 2.24) is 5.16 Å². The number of amides is 1. The standard InChI is InChI=1S/C15H17FN2O4S/c1-9-8-14(22-18-9)17-15(19)11(3)23(20,21)10(2)12-4-6-13(16)7-5-12/h4-8,10-11H,1-3H3,(H,17,19)/t10-,11+/m1/s1. The summed E-state index contributed by atoms with van der Waals surface area (Å²) < 4.78 is 42.9. The number of carbonyl (C=O) groups excluding carboxylic acids is 1. The van der Waals surface area contributed by atoms with Crippen molar-refractivity contribution in [2.75, 3.05) is 5.32 Å². The molecule has 1 aromatic carbocycles. The number of halogens is 1. The van der Waals surface area contributed by atoms with Crippen molar-refractivity contribution >= 4 is 21.6 Å². The Hall–Kier alpha value is -2.22. The Bertz CT molecular complexity index is 799. The molecule has 2 rings (SSSR count). The molecule has 2 aromatic rings. The molecule has 1 heterocycles. The summed E-state index contributed by atoms with van der Waals surface area (Å²) in [6.07, 6.45) is 0. The van der Waals surface area contributed by atoms with Crippen molar-refractivity contribution < 1.29 is 22.1 Å². The fourth-order valence-corrected chi connectivity index (χ4v) is 3.53. The lowest BCUT2D eigenvalue weighted by Gasteiger charge is -2.18. The van der Waals surface area contributed by atoms with Gasteiger partial charge in [0, 0.05) is 6.07 Å². The molecule has 0 aliphatic carbocycles. The molecule has 1 N–H and O–H groups in total. The average Bonchev–Trinajstić information content (AvgIpc) is 2.91. The van der Waals surface area contributed by atoms with Crippen LogP contribution in [0.4, 0.5) is 10.3 Å². The minimum atomic E-state index is -3.81. The molecule has 1 aromatic heterocycles. The molecule has 0 fully saturated rings. The number of hydrogen-bond donors (Lipinski definition) is 1. The number of sulfone groups is 1. The van der Waals surface area contributed by atoms with Gasteiger partial charge < -0.3 is 4.52 Å². The van der Waals surface area contributed by atoms with E-state index in [9.17, 15) is 17.6 Å². The monoisotopic (exact) mass is 340 g/mol. The third kappa shape index (κ3) is 3.76. The van der Waals surface area contributed by atoms with E-state index in [2.05, 4.69) is 10.5 Å². The fourth-order valence-electron chi connectivity index (χ4n) is 2.02. The van der Waals surface area contributed by atoms with Gasteiger partial charge in [-0.15, -0.1) is 0 Å². The zero-order chi connectivity index (χ0) is 17.2. The third-order valence-corrected chi connectivity index (χ3v) is 6.03. The molecule has 1 amide bonds. The number of nitrogens with zero attached hydrogens (tertiary/aromatic N) is 1. The van der Waals surface area contributed by atoms with Gasteiger partial charge in [-0.2, -0.15) is 0 Å². The normalized spacial score (nSPS) is 14.3. The van der Waals surface area contributed by atoms with E-state index in [-0.39, 0.29) is 5.88 Å². The van der Waals surface area contributed by atoms with Crippen LogP contribution in [-0.2, 0) is 14.6 Å². The Kier molecular flexibility index (Phi) is 4.84. The highest BCUT2D eigenvalue weighted by molar-refractivity contribution is 7.93. The quantitative estimate of drug-likeness (QED) is 0.904. The molecular formula is C15H17FN2O4S. The van der Waals surface area contributed by atoms with Gasteiger partial charge in [0.25, 0.3) is 0 Å². The van der Waals surface area contributed by atoms with E-state index in [4.69, 9.17) is 4.52 Å². The molecule has 0 aliphatic heterocycles. The summed E-state index contributed by atoms with van der Waals surface area (Å²) in [6, 6.07) is 6.64. The van der Waals surface area contributed by atoms with E-state index >= 15 is 0 Å². The molecule has 0 aliphatic rings. The lowest BCUT2D eigenvalue weighted by Crippen LogP contribution is -2.34. The van der Waals surface area contributed by atoms with E-state index in [0.717, 1.165) is 0 Å². The number of rotatable bonds is 5. The van der Waals surface area contributed by atoms with Crippen molar-refractivity contribution in [2.24, 2.45) is 0 Å². The number of aryl methyl sites for hydroxylation is 1. The van der Waals surface area contributed by atoms with Gasteiger partial charge in [0.15, 0.2) is 9.84 Å². The van der Waals surface area contributed by atoms with Crippen LogP contribution in [-0.4, -0.2) is 24.7 Å². The molecule has 8 heteroatoms. The van der Waals surface area contributed by atoms with Crippen LogP contribution in [0.1, 0.15) is 30.4 Å². The van der Waals surface area contributed by atoms with E-state index < -0.39 is 32.1 Å². The minimum Gasteiger partial charge on any atom is -0.338 e. The fraction of sp³-hybridized carbons (Fsp3) is 0.333. The van der Waals surface area contributed by atoms with Crippen molar-refractivity contribution in [3.63, 3.8) is 0 Å². The third-order valence-electron chi connectivity index (χ3n) is 3.57. The molecule has 0 bridgehead atoms. The Morgan fingerprint density at radius 3 is 2.39 bits per heavy atom. The topological polar surface area (TPSA) is 89.3 Å². The first-order valence-electron chi connectivity index (χ1n) is 6.94. The van der Waals surface area contributed by atoms with Crippen LogP contribution in [0.2, 0.25) is 0 Å². The summed E-state index contributed by atoms with van der Waals surface area (Å²) in [5.74, 6) is -1.08. The average molecular weight is 340 g/mol. The van der Waals surface area contributed by atoms with Crippen molar-refractivity contribution in [3.05, 3.63) is 47.4 Å². The Balaban J connectivity index is 2.16. The highest BCUT2D eigenvalue weighted by Crippen LogP contribution is 2.26. The smallest absolute Gasteiger partial charge is 0.244 e. The van der Waals surface area contributed by atoms with Gasteiger partial charge in [0.05, 0.1) is 10.9 Å². The van der Waals surface area contributed by atoms with Crippen LogP contribution in [0, 0.1) is 12.7 Å². The Morgan fingerprint density at radius 2 is 1.87 bits per heavy atom. The molecular weight excluding hydrogens is 323 g/mol. The van der Waals surface area contributed by atoms with Crippen LogP contribution in [0.15, 0.2) is 34.9 Å². The van der Waals surface area contributed by atoms with Gasteiger partial charge in [0.2, 0.25) is 11.8 Å². The molecule has 0 saturated heterocycles. The minimum absolute atomic E-state index is 0.0870. The molecule has 0 unspecified atom stereocenters. The number of hydrogen-bond acceptors (Lipinski definition) is 5. The van der Waals surface area contributed by atoms with Crippen LogP contribution in [0.5, 0.6) is 0 Å². The zero-order valence-corrected chi connectivity index (χ0v) is 13.7. The van der Waals surface area contributed by atoms with Crippen molar-refractivity contribution in [1.29, 1.82) is 0 Å². The Labute approximate surface area is 133 Å². The highest BCUT2D eigenvalue weighted by Gasteiger charge is 2.34. The number of nitrogens with one attached hydrogen (secondary N) is 1. The van der Waals surface area contributed by atoms with E-state index in [0.29, 0.717) is 11.3 Å². The lowest BCUT2D eigenvalue weighted by atomic mass is 10.2. The van der Waals surface area contributed by atoms with Gasteiger partial charge in [-0.3, -0.25) is 10.1 Å². The molecule has 6 nitrogen and oxygen atoms in total. The first-order chi connectivity index (χ1) is 10.7. The largest absolute Gasteiger partial charge is 0.338 e. The zero-order valence-electron chi connectivity index (χ0n) is 12.9. The maximum Gasteiger partial charge on any atom is 0.244 e. The summed E-state index contributed by atoms with van der Waals surface area (Å²) in [5.41, 5.74) is 0.983. The molecule has 2 atom stereocenters. The van der Waals surface area contributed by atoms with Crippen molar-refractivity contribution in [2.45, 2.75) is 31.3 Å². The summed E-state index contributed by atoms with van der Waals surface area (Å²) in [6.45, 7) is 4.44. The maximum absolute atomic E-state index is 12.9. The van der Waals surface area contributed by atoms with E-state index in [1.165, 1.54) is 44.2 Å². The predicted molar refractivity (Wildman–Crippen MR) is 83.1 cm³/mol. The Morgan fingerprint density at radius 1 is 1.26 bits per heavy atom. The van der Waals surface area contributed by atoms with Gasteiger partial charge in [0.1, 0.15) is 11.1 Å². The van der Waals surface area contributed by atoms with E-state index in [1.807, 2.05) is 0 Å². The summed E-state index contributed by atoms with van der Waals surface area (Å²) in [4.78, 5) is 12.1. The molecule has 0 spiro atoms. The second-order valence-corrected chi connectivity index (χ2v) is 7.84. The number of aromatic nitrogens is 1. The number of carbonyl (C=O) groups is 1. The van der Waals surface area contributed by atoms with Gasteiger partial charge >= 0.3 is 0 Å². The molecule has 0 saturated carbocycles. The van der Waals surface area contributed by atoms with Crippen molar-refractivity contribution in [3.8, 4) is 0 Å². The first kappa shape index (κ1) is 17.1. The molecule has 124 valence electrons. The summed E-state index contributed by atoms with van der Waals surface area (Å²) in [5, 5.41) is 3.74. The van der Waals surface area contributed by atoms with E-state index in [1.54, 1.807) is 6.92 Å². The molecule has 0 radical (unpaired) electrons. The van der Waals surface area contributed by atoms with Gasteiger partial charge in [-0.1, -0.05) is 17.3 Å². The first-order valence-corrected chi connectivity index (χ1v) is 8.55. The van der Waals surface area contributed by atoms with Gasteiger partial charge in [-0.25, -0.2) is 12.8 Å². The van der Waals surface area contributed by atoms with Crippen LogP contribution >= 0.6 is 0 Å². The van der Waals surface area contributed by atoms with Crippen LogP contribution in [0.3, 0.4) is 0 Å². The summed E-state index contributed by atoms with van der Waals surface area (Å²) >= 11 is 0. The van der Waals surface area contributed by atoms with Crippen LogP contribution in [0.25, 0.3) is 0 Å². The van der Waals surface area contributed by atoms with Crippen LogP contribution < -0.4 is 5.32 Å². The lowest BCUT2D eigenvalue weighted by molar-refractivity contribution is -0.115. The molecule has 23 heavy (non-hydrogen) atoms. The maximum atomic E-state index is 12.9. The van der Waals surface area contributed by atoms with Gasteiger partial charge in [-0.05, 0) is 38.5 Å². The predicted octanol–water partition coefficient (Wildman–Crippen LogP) is 2.63. The highest BCUT2D eigenvalue weighted by atomic mass is 32.2. The number of anilines is 1. The summed E-state index contributed by atoms with van der Waals surface area (Å²) in [7, 11) is -3.81. The number of benzene rings is 1. The second kappa shape index (κ2) is 6.49.